The second-order valence-electron chi connectivity index (χ2n) is 4.04. The van der Waals surface area contributed by atoms with E-state index < -0.39 is 0 Å². The molecule has 0 aromatic rings. The summed E-state index contributed by atoms with van der Waals surface area (Å²) in [7, 11) is 0. The van der Waals surface area contributed by atoms with Gasteiger partial charge in [-0.15, -0.1) is 0 Å². The van der Waals surface area contributed by atoms with Crippen LogP contribution in [0.2, 0.25) is 0 Å². The number of carbonyl (C=O) groups excluding carboxylic acids is 2. The van der Waals surface area contributed by atoms with E-state index in [9.17, 15) is 9.59 Å². The van der Waals surface area contributed by atoms with Crippen LogP contribution in [0.25, 0.3) is 0 Å². The van der Waals surface area contributed by atoms with Crippen LogP contribution in [-0.2, 0) is 9.59 Å². The van der Waals surface area contributed by atoms with Gasteiger partial charge in [0.25, 0.3) is 0 Å². The van der Waals surface area contributed by atoms with Gasteiger partial charge in [-0.2, -0.15) is 0 Å². The second kappa shape index (κ2) is 4.09. The first-order chi connectivity index (χ1) is 6.77. The summed E-state index contributed by atoms with van der Waals surface area (Å²) in [6.45, 7) is 1.60. The fourth-order valence-corrected chi connectivity index (χ4v) is 2.14. The van der Waals surface area contributed by atoms with E-state index in [2.05, 4.69) is 5.32 Å². The summed E-state index contributed by atoms with van der Waals surface area (Å²) in [6, 6.07) is 0.334. The molecule has 4 heteroatoms. The van der Waals surface area contributed by atoms with Crippen LogP contribution in [0, 0.1) is 0 Å². The lowest BCUT2D eigenvalue weighted by Gasteiger charge is -2.27. The third-order valence-corrected chi connectivity index (χ3v) is 2.95. The van der Waals surface area contributed by atoms with Crippen molar-refractivity contribution in [2.75, 3.05) is 13.1 Å². The van der Waals surface area contributed by atoms with Gasteiger partial charge in [0.2, 0.25) is 11.8 Å². The summed E-state index contributed by atoms with van der Waals surface area (Å²) < 4.78 is 0. The van der Waals surface area contributed by atoms with Crippen molar-refractivity contribution in [1.82, 2.24) is 10.2 Å². The molecular formula is C10H16N2O2. The van der Waals surface area contributed by atoms with Crippen LogP contribution in [0.4, 0.5) is 0 Å². The SMILES string of the molecule is O=C1CCCC(=O)N1CC1CCCN1. The van der Waals surface area contributed by atoms with E-state index in [1.807, 2.05) is 0 Å². The fraction of sp³-hybridized carbons (Fsp3) is 0.800. The normalized spacial score (nSPS) is 28.6. The van der Waals surface area contributed by atoms with Gasteiger partial charge in [-0.25, -0.2) is 0 Å². The number of nitrogens with one attached hydrogen (secondary N) is 1. The smallest absolute Gasteiger partial charge is 0.229 e. The van der Waals surface area contributed by atoms with Gasteiger partial charge in [0, 0.05) is 25.4 Å². The molecule has 78 valence electrons. The first-order valence-electron chi connectivity index (χ1n) is 5.34. The van der Waals surface area contributed by atoms with Crippen molar-refractivity contribution in [2.45, 2.75) is 38.1 Å². The standard InChI is InChI=1S/C10H16N2O2/c13-9-4-1-5-10(14)12(9)7-8-3-2-6-11-8/h8,11H,1-7H2. The minimum Gasteiger partial charge on any atom is -0.312 e. The van der Waals surface area contributed by atoms with Crippen LogP contribution in [0.1, 0.15) is 32.1 Å². The summed E-state index contributed by atoms with van der Waals surface area (Å²) in [4.78, 5) is 24.4. The van der Waals surface area contributed by atoms with Crippen molar-refractivity contribution >= 4 is 11.8 Å². The van der Waals surface area contributed by atoms with E-state index >= 15 is 0 Å². The third kappa shape index (κ3) is 1.95. The molecule has 2 rings (SSSR count). The zero-order valence-corrected chi connectivity index (χ0v) is 8.29. The monoisotopic (exact) mass is 196 g/mol. The van der Waals surface area contributed by atoms with E-state index in [1.54, 1.807) is 0 Å². The maximum Gasteiger partial charge on any atom is 0.229 e. The minimum absolute atomic E-state index is 0.00921. The molecule has 1 atom stereocenters. The Morgan fingerprint density at radius 3 is 2.50 bits per heavy atom. The summed E-state index contributed by atoms with van der Waals surface area (Å²) in [5, 5.41) is 3.30. The average Bonchev–Trinajstić information content (AvgIpc) is 2.64. The highest BCUT2D eigenvalue weighted by atomic mass is 16.2. The molecule has 1 N–H and O–H groups in total. The number of likely N-dealkylation sites (tertiary alicyclic amines) is 1. The minimum atomic E-state index is 0.00921. The lowest BCUT2D eigenvalue weighted by Crippen LogP contribution is -2.46. The number of hydrogen-bond acceptors (Lipinski definition) is 3. The molecule has 2 aliphatic heterocycles. The van der Waals surface area contributed by atoms with E-state index in [0.717, 1.165) is 25.8 Å². The van der Waals surface area contributed by atoms with Gasteiger partial charge in [0.05, 0.1) is 0 Å². The van der Waals surface area contributed by atoms with Crippen molar-refractivity contribution in [1.29, 1.82) is 0 Å². The number of carbonyl (C=O) groups is 2. The number of imide groups is 1. The van der Waals surface area contributed by atoms with Crippen molar-refractivity contribution in [3.05, 3.63) is 0 Å². The number of piperidine rings is 1. The number of hydrogen-bond donors (Lipinski definition) is 1. The Kier molecular flexibility index (Phi) is 2.82. The molecule has 1 unspecified atom stereocenters. The molecule has 4 nitrogen and oxygen atoms in total. The first kappa shape index (κ1) is 9.65. The molecule has 2 aliphatic rings. The number of nitrogens with zero attached hydrogens (tertiary/aromatic N) is 1. The Hall–Kier alpha value is -0.900. The molecule has 0 bridgehead atoms. The molecule has 2 fully saturated rings. The molecule has 0 saturated carbocycles. The number of amides is 2. The topological polar surface area (TPSA) is 49.4 Å². The van der Waals surface area contributed by atoms with Gasteiger partial charge in [0.1, 0.15) is 0 Å². The zero-order valence-electron chi connectivity index (χ0n) is 8.29. The first-order valence-corrected chi connectivity index (χ1v) is 5.34. The van der Waals surface area contributed by atoms with Crippen LogP contribution in [0.15, 0.2) is 0 Å². The van der Waals surface area contributed by atoms with Gasteiger partial charge in [-0.3, -0.25) is 14.5 Å². The predicted molar refractivity (Wildman–Crippen MR) is 51.6 cm³/mol. The highest BCUT2D eigenvalue weighted by molar-refractivity contribution is 5.97. The molecule has 0 aliphatic carbocycles. The zero-order chi connectivity index (χ0) is 9.97. The largest absolute Gasteiger partial charge is 0.312 e. The molecule has 2 heterocycles. The van der Waals surface area contributed by atoms with E-state index in [-0.39, 0.29) is 11.8 Å². The van der Waals surface area contributed by atoms with Crippen LogP contribution < -0.4 is 5.32 Å². The van der Waals surface area contributed by atoms with Gasteiger partial charge < -0.3 is 5.32 Å². The van der Waals surface area contributed by atoms with Crippen LogP contribution >= 0.6 is 0 Å². The van der Waals surface area contributed by atoms with Crippen LogP contribution in [-0.4, -0.2) is 35.8 Å². The quantitative estimate of drug-likeness (QED) is 0.645. The lowest BCUT2D eigenvalue weighted by molar-refractivity contribution is -0.148. The van der Waals surface area contributed by atoms with Crippen molar-refractivity contribution in [3.8, 4) is 0 Å². The van der Waals surface area contributed by atoms with Gasteiger partial charge in [-0.1, -0.05) is 0 Å². The molecular weight excluding hydrogens is 180 g/mol. The fourth-order valence-electron chi connectivity index (χ4n) is 2.14. The third-order valence-electron chi connectivity index (χ3n) is 2.95. The highest BCUT2D eigenvalue weighted by Gasteiger charge is 2.28. The Balaban J connectivity index is 1.93. The summed E-state index contributed by atoms with van der Waals surface area (Å²) in [5.74, 6) is 0.0184. The van der Waals surface area contributed by atoms with Gasteiger partial charge >= 0.3 is 0 Å². The van der Waals surface area contributed by atoms with Crippen LogP contribution in [0.3, 0.4) is 0 Å². The van der Waals surface area contributed by atoms with Crippen molar-refractivity contribution < 1.29 is 9.59 Å². The van der Waals surface area contributed by atoms with E-state index in [1.165, 1.54) is 4.90 Å². The molecule has 0 spiro atoms. The van der Waals surface area contributed by atoms with Crippen molar-refractivity contribution in [3.63, 3.8) is 0 Å². The number of rotatable bonds is 2. The predicted octanol–water partition coefficient (Wildman–Crippen LogP) is 0.277. The Bertz CT molecular complexity index is 231. The Morgan fingerprint density at radius 1 is 1.21 bits per heavy atom. The lowest BCUT2D eigenvalue weighted by atomic mass is 10.1. The summed E-state index contributed by atoms with van der Waals surface area (Å²) in [5.41, 5.74) is 0. The van der Waals surface area contributed by atoms with Gasteiger partial charge in [-0.05, 0) is 25.8 Å². The summed E-state index contributed by atoms with van der Waals surface area (Å²) in [6.07, 6.45) is 4.04. The average molecular weight is 196 g/mol. The van der Waals surface area contributed by atoms with Crippen LogP contribution in [0.5, 0.6) is 0 Å². The molecule has 14 heavy (non-hydrogen) atoms. The Labute approximate surface area is 83.6 Å². The summed E-state index contributed by atoms with van der Waals surface area (Å²) >= 11 is 0. The van der Waals surface area contributed by atoms with Crippen molar-refractivity contribution in [2.24, 2.45) is 0 Å². The molecule has 0 aromatic heterocycles. The van der Waals surface area contributed by atoms with E-state index in [0.29, 0.717) is 25.4 Å². The van der Waals surface area contributed by atoms with E-state index in [4.69, 9.17) is 0 Å². The molecule has 2 saturated heterocycles. The molecule has 0 radical (unpaired) electrons. The maximum atomic E-state index is 11.5. The highest BCUT2D eigenvalue weighted by Crippen LogP contribution is 2.15. The second-order valence-corrected chi connectivity index (χ2v) is 4.04. The maximum absolute atomic E-state index is 11.5. The molecule has 0 aromatic carbocycles. The van der Waals surface area contributed by atoms with Gasteiger partial charge in [0.15, 0.2) is 0 Å². The molecule has 2 amide bonds. The Morgan fingerprint density at radius 2 is 1.93 bits per heavy atom.